The summed E-state index contributed by atoms with van der Waals surface area (Å²) in [5.74, 6) is 1.37. The van der Waals surface area contributed by atoms with E-state index in [4.69, 9.17) is 21.0 Å². The molecular weight excluding hydrogens is 184 g/mol. The van der Waals surface area contributed by atoms with E-state index >= 15 is 0 Å². The van der Waals surface area contributed by atoms with Crippen LogP contribution in [0.5, 0.6) is 0 Å². The molecule has 0 bridgehead atoms. The van der Waals surface area contributed by atoms with Crippen LogP contribution < -0.4 is 0 Å². The van der Waals surface area contributed by atoms with Crippen LogP contribution in [-0.4, -0.2) is 36.0 Å². The Morgan fingerprint density at radius 3 is 2.57 bits per heavy atom. The van der Waals surface area contributed by atoms with Gasteiger partial charge in [-0.3, -0.25) is 0 Å². The van der Waals surface area contributed by atoms with Gasteiger partial charge >= 0.3 is 5.97 Å². The second-order valence-corrected chi connectivity index (χ2v) is 3.25. The van der Waals surface area contributed by atoms with Gasteiger partial charge in [0.1, 0.15) is 5.60 Å². The number of rotatable bonds is 6. The third-order valence-electron chi connectivity index (χ3n) is 1.59. The van der Waals surface area contributed by atoms with Gasteiger partial charge in [-0.2, -0.15) is 0 Å². The topological polar surface area (TPSA) is 55.8 Å². The van der Waals surface area contributed by atoms with Crippen molar-refractivity contribution < 1.29 is 19.4 Å². The number of hydrogen-bond acceptors (Lipinski definition) is 3. The Bertz CT molecular complexity index is 227. The normalized spacial score (nSPS) is 13.3. The fourth-order valence-corrected chi connectivity index (χ4v) is 0.718. The molecule has 0 spiro atoms. The SMILES string of the molecule is C#CC(C)(C)OCC(OCC)C(=O)O. The molecule has 0 aliphatic heterocycles. The quantitative estimate of drug-likeness (QED) is 0.647. The molecule has 1 unspecified atom stereocenters. The number of terminal acetylenes is 1. The largest absolute Gasteiger partial charge is 0.479 e. The Morgan fingerprint density at radius 2 is 2.21 bits per heavy atom. The summed E-state index contributed by atoms with van der Waals surface area (Å²) in [5, 5.41) is 8.72. The van der Waals surface area contributed by atoms with Gasteiger partial charge in [0.05, 0.1) is 6.61 Å². The Kier molecular flexibility index (Phi) is 5.21. The first-order chi connectivity index (χ1) is 6.43. The molecule has 0 aromatic carbocycles. The van der Waals surface area contributed by atoms with Crippen molar-refractivity contribution in [1.82, 2.24) is 0 Å². The molecule has 0 heterocycles. The number of carbonyl (C=O) groups is 1. The van der Waals surface area contributed by atoms with Gasteiger partial charge in [-0.25, -0.2) is 4.79 Å². The van der Waals surface area contributed by atoms with Crippen molar-refractivity contribution in [2.45, 2.75) is 32.5 Å². The third kappa shape index (κ3) is 4.85. The molecule has 1 N–H and O–H groups in total. The van der Waals surface area contributed by atoms with E-state index in [2.05, 4.69) is 5.92 Å². The van der Waals surface area contributed by atoms with Crippen LogP contribution in [0.25, 0.3) is 0 Å². The molecule has 4 nitrogen and oxygen atoms in total. The minimum atomic E-state index is -1.04. The molecule has 0 aromatic rings. The minimum Gasteiger partial charge on any atom is -0.479 e. The first kappa shape index (κ1) is 12.9. The predicted molar refractivity (Wildman–Crippen MR) is 51.9 cm³/mol. The standard InChI is InChI=1S/C10H16O4/c1-5-10(3,4)14-7-8(9(11)12)13-6-2/h1,8H,6-7H2,2-4H3,(H,11,12). The van der Waals surface area contributed by atoms with E-state index in [1.807, 2.05) is 0 Å². The van der Waals surface area contributed by atoms with Crippen molar-refractivity contribution in [2.75, 3.05) is 13.2 Å². The second-order valence-electron chi connectivity index (χ2n) is 3.25. The van der Waals surface area contributed by atoms with Crippen LogP contribution in [0.4, 0.5) is 0 Å². The smallest absolute Gasteiger partial charge is 0.335 e. The fraction of sp³-hybridized carbons (Fsp3) is 0.700. The van der Waals surface area contributed by atoms with Gasteiger partial charge in [0.2, 0.25) is 0 Å². The van der Waals surface area contributed by atoms with E-state index in [1.165, 1.54) is 0 Å². The fourth-order valence-electron chi connectivity index (χ4n) is 0.718. The van der Waals surface area contributed by atoms with E-state index < -0.39 is 17.7 Å². The monoisotopic (exact) mass is 200 g/mol. The number of hydrogen-bond donors (Lipinski definition) is 1. The number of ether oxygens (including phenoxy) is 2. The van der Waals surface area contributed by atoms with Crippen molar-refractivity contribution in [3.8, 4) is 12.3 Å². The van der Waals surface area contributed by atoms with Crippen molar-refractivity contribution in [3.05, 3.63) is 0 Å². The number of carboxylic acids is 1. The maximum atomic E-state index is 10.6. The van der Waals surface area contributed by atoms with Crippen LogP contribution in [0.15, 0.2) is 0 Å². The average molecular weight is 200 g/mol. The molecule has 14 heavy (non-hydrogen) atoms. The first-order valence-electron chi connectivity index (χ1n) is 4.39. The second kappa shape index (κ2) is 5.63. The van der Waals surface area contributed by atoms with Crippen LogP contribution in [0, 0.1) is 12.3 Å². The highest BCUT2D eigenvalue weighted by molar-refractivity contribution is 5.72. The zero-order valence-corrected chi connectivity index (χ0v) is 8.74. The number of carboxylic acid groups (broad SMARTS) is 1. The van der Waals surface area contributed by atoms with E-state index in [1.54, 1.807) is 20.8 Å². The third-order valence-corrected chi connectivity index (χ3v) is 1.59. The molecule has 0 radical (unpaired) electrons. The predicted octanol–water partition coefficient (Wildman–Crippen LogP) is 0.904. The highest BCUT2D eigenvalue weighted by Crippen LogP contribution is 2.08. The molecule has 80 valence electrons. The molecule has 1 atom stereocenters. The highest BCUT2D eigenvalue weighted by Gasteiger charge is 2.22. The van der Waals surface area contributed by atoms with E-state index in [0.717, 1.165) is 0 Å². The van der Waals surface area contributed by atoms with Crippen molar-refractivity contribution in [2.24, 2.45) is 0 Å². The lowest BCUT2D eigenvalue weighted by molar-refractivity contribution is -0.156. The molecule has 0 aliphatic rings. The van der Waals surface area contributed by atoms with E-state index in [0.29, 0.717) is 6.61 Å². The summed E-state index contributed by atoms with van der Waals surface area (Å²) in [4.78, 5) is 10.6. The van der Waals surface area contributed by atoms with Crippen molar-refractivity contribution in [1.29, 1.82) is 0 Å². The summed E-state index contributed by atoms with van der Waals surface area (Å²) in [7, 11) is 0. The highest BCUT2D eigenvalue weighted by atomic mass is 16.6. The number of aliphatic carboxylic acids is 1. The lowest BCUT2D eigenvalue weighted by atomic mass is 10.1. The Balaban J connectivity index is 4.08. The van der Waals surface area contributed by atoms with Gasteiger partial charge in [-0.05, 0) is 20.8 Å². The summed E-state index contributed by atoms with van der Waals surface area (Å²) in [6.45, 7) is 5.40. The molecule has 0 fully saturated rings. The average Bonchev–Trinajstić information content (AvgIpc) is 2.12. The molecule has 0 rings (SSSR count). The van der Waals surface area contributed by atoms with Gasteiger partial charge in [-0.15, -0.1) is 6.42 Å². The summed E-state index contributed by atoms with van der Waals surface area (Å²) < 4.78 is 10.2. The summed E-state index contributed by atoms with van der Waals surface area (Å²) in [6, 6.07) is 0. The Hall–Kier alpha value is -1.05. The maximum Gasteiger partial charge on any atom is 0.335 e. The maximum absolute atomic E-state index is 10.6. The summed E-state index contributed by atoms with van der Waals surface area (Å²) in [5.41, 5.74) is -0.759. The minimum absolute atomic E-state index is 0.0413. The van der Waals surface area contributed by atoms with Crippen LogP contribution >= 0.6 is 0 Å². The van der Waals surface area contributed by atoms with Gasteiger partial charge in [0, 0.05) is 6.61 Å². The lowest BCUT2D eigenvalue weighted by Gasteiger charge is -2.21. The van der Waals surface area contributed by atoms with Crippen molar-refractivity contribution in [3.63, 3.8) is 0 Å². The van der Waals surface area contributed by atoms with Crippen LogP contribution in [-0.2, 0) is 14.3 Å². The zero-order chi connectivity index (χ0) is 11.2. The molecule has 4 heteroatoms. The van der Waals surface area contributed by atoms with Gasteiger partial charge in [0.15, 0.2) is 6.10 Å². The zero-order valence-electron chi connectivity index (χ0n) is 8.74. The Labute approximate surface area is 84.2 Å². The van der Waals surface area contributed by atoms with Gasteiger partial charge in [0.25, 0.3) is 0 Å². The lowest BCUT2D eigenvalue weighted by Crippen LogP contribution is -2.34. The molecule has 0 aliphatic carbocycles. The molecule has 0 amide bonds. The first-order valence-corrected chi connectivity index (χ1v) is 4.39. The van der Waals surface area contributed by atoms with Gasteiger partial charge in [-0.1, -0.05) is 5.92 Å². The molecule has 0 saturated carbocycles. The summed E-state index contributed by atoms with van der Waals surface area (Å²) >= 11 is 0. The molecule has 0 aromatic heterocycles. The molecule has 0 saturated heterocycles. The van der Waals surface area contributed by atoms with Crippen LogP contribution in [0.1, 0.15) is 20.8 Å². The van der Waals surface area contributed by atoms with E-state index in [9.17, 15) is 4.79 Å². The van der Waals surface area contributed by atoms with Crippen molar-refractivity contribution >= 4 is 5.97 Å². The molecular formula is C10H16O4. The Morgan fingerprint density at radius 1 is 1.64 bits per heavy atom. The van der Waals surface area contributed by atoms with Crippen LogP contribution in [0.2, 0.25) is 0 Å². The summed E-state index contributed by atoms with van der Waals surface area (Å²) in [6.07, 6.45) is 4.23. The van der Waals surface area contributed by atoms with Crippen LogP contribution in [0.3, 0.4) is 0 Å². The van der Waals surface area contributed by atoms with E-state index in [-0.39, 0.29) is 6.61 Å². The van der Waals surface area contributed by atoms with Gasteiger partial charge < -0.3 is 14.6 Å².